The fourth-order valence-electron chi connectivity index (χ4n) is 2.64. The predicted octanol–water partition coefficient (Wildman–Crippen LogP) is 1.74. The molecule has 1 aromatic carbocycles. The van der Waals surface area contributed by atoms with Crippen LogP contribution in [0.4, 0.5) is 0 Å². The average Bonchev–Trinajstić information content (AvgIpc) is 3.07. The van der Waals surface area contributed by atoms with Crippen molar-refractivity contribution < 1.29 is 13.2 Å². The number of hydrogen-bond acceptors (Lipinski definition) is 4. The summed E-state index contributed by atoms with van der Waals surface area (Å²) in [6.45, 7) is 2.50. The van der Waals surface area contributed by atoms with Crippen LogP contribution in [0.3, 0.4) is 0 Å². The first kappa shape index (κ1) is 17.0. The van der Waals surface area contributed by atoms with Crippen LogP contribution in [0.1, 0.15) is 43.0 Å². The van der Waals surface area contributed by atoms with Gasteiger partial charge in [0.1, 0.15) is 0 Å². The molecule has 1 aliphatic rings. The number of sulfone groups is 1. The Kier molecular flexibility index (Phi) is 5.58. The molecule has 122 valence electrons. The zero-order valence-electron chi connectivity index (χ0n) is 13.1. The summed E-state index contributed by atoms with van der Waals surface area (Å²) in [5.41, 5.74) is 0.480. The van der Waals surface area contributed by atoms with Crippen molar-refractivity contribution in [3.63, 3.8) is 0 Å². The number of rotatable bonds is 6. The number of benzene rings is 1. The Hall–Kier alpha value is -1.40. The van der Waals surface area contributed by atoms with Crippen LogP contribution >= 0.6 is 0 Å². The van der Waals surface area contributed by atoms with E-state index in [0.29, 0.717) is 17.0 Å². The third-order valence-electron chi connectivity index (χ3n) is 4.25. The van der Waals surface area contributed by atoms with E-state index < -0.39 is 9.84 Å². The van der Waals surface area contributed by atoms with Gasteiger partial charge in [-0.25, -0.2) is 8.42 Å². The Bertz CT molecular complexity index is 605. The van der Waals surface area contributed by atoms with Gasteiger partial charge in [0.2, 0.25) is 0 Å². The molecule has 1 amide bonds. The van der Waals surface area contributed by atoms with E-state index in [1.54, 1.807) is 24.3 Å². The predicted molar refractivity (Wildman–Crippen MR) is 86.7 cm³/mol. The molecule has 1 atom stereocenters. The minimum atomic E-state index is -3.25. The van der Waals surface area contributed by atoms with E-state index in [0.717, 1.165) is 25.7 Å². The Morgan fingerprint density at radius 3 is 2.36 bits per heavy atom. The fourth-order valence-corrected chi connectivity index (χ4v) is 4.49. The molecule has 0 aliphatic heterocycles. The van der Waals surface area contributed by atoms with Gasteiger partial charge >= 0.3 is 0 Å². The highest BCUT2D eigenvalue weighted by Gasteiger charge is 2.30. The molecule has 6 heteroatoms. The van der Waals surface area contributed by atoms with Crippen LogP contribution < -0.4 is 10.6 Å². The van der Waals surface area contributed by atoms with Crippen molar-refractivity contribution in [1.82, 2.24) is 10.6 Å². The third kappa shape index (κ3) is 3.87. The molecule has 0 heterocycles. The summed E-state index contributed by atoms with van der Waals surface area (Å²) in [5.74, 6) is -0.188. The Morgan fingerprint density at radius 1 is 1.23 bits per heavy atom. The SMILES string of the molecule is CNC(C)CNC(=O)c1ccc(S(=O)(=O)C2CCCC2)cc1. The summed E-state index contributed by atoms with van der Waals surface area (Å²) in [6.07, 6.45) is 3.45. The molecule has 0 spiro atoms. The molecule has 0 saturated heterocycles. The van der Waals surface area contributed by atoms with Crippen LogP contribution in [0.5, 0.6) is 0 Å². The van der Waals surface area contributed by atoms with Crippen molar-refractivity contribution >= 4 is 15.7 Å². The van der Waals surface area contributed by atoms with Crippen molar-refractivity contribution in [3.8, 4) is 0 Å². The van der Waals surface area contributed by atoms with Crippen molar-refractivity contribution in [2.45, 2.75) is 48.8 Å². The zero-order valence-corrected chi connectivity index (χ0v) is 13.9. The molecule has 1 aliphatic carbocycles. The lowest BCUT2D eigenvalue weighted by Gasteiger charge is -2.13. The van der Waals surface area contributed by atoms with Crippen molar-refractivity contribution in [3.05, 3.63) is 29.8 Å². The highest BCUT2D eigenvalue weighted by Crippen LogP contribution is 2.29. The molecule has 22 heavy (non-hydrogen) atoms. The number of likely N-dealkylation sites (N-methyl/N-ethyl adjacent to an activating group) is 1. The van der Waals surface area contributed by atoms with Gasteiger partial charge in [0.15, 0.2) is 9.84 Å². The highest BCUT2D eigenvalue weighted by molar-refractivity contribution is 7.92. The molecule has 0 aromatic heterocycles. The van der Waals surface area contributed by atoms with Gasteiger partial charge in [0.05, 0.1) is 10.1 Å². The summed E-state index contributed by atoms with van der Waals surface area (Å²) < 4.78 is 24.9. The van der Waals surface area contributed by atoms with Crippen LogP contribution in [0.2, 0.25) is 0 Å². The van der Waals surface area contributed by atoms with E-state index in [1.165, 1.54) is 0 Å². The highest BCUT2D eigenvalue weighted by atomic mass is 32.2. The molecule has 1 saturated carbocycles. The molecule has 2 rings (SSSR count). The van der Waals surface area contributed by atoms with Gasteiger partial charge in [0, 0.05) is 18.2 Å². The minimum Gasteiger partial charge on any atom is -0.350 e. The van der Waals surface area contributed by atoms with E-state index in [9.17, 15) is 13.2 Å². The van der Waals surface area contributed by atoms with Gasteiger partial charge in [-0.05, 0) is 51.1 Å². The molecular weight excluding hydrogens is 300 g/mol. The molecule has 0 radical (unpaired) electrons. The van der Waals surface area contributed by atoms with E-state index >= 15 is 0 Å². The molecular formula is C16H24N2O3S. The van der Waals surface area contributed by atoms with Gasteiger partial charge in [-0.3, -0.25) is 4.79 Å². The van der Waals surface area contributed by atoms with Gasteiger partial charge in [-0.1, -0.05) is 12.8 Å². The number of carbonyl (C=O) groups excluding carboxylic acids is 1. The second-order valence-corrected chi connectivity index (χ2v) is 8.10. The van der Waals surface area contributed by atoms with Gasteiger partial charge in [0.25, 0.3) is 5.91 Å². The number of amides is 1. The summed E-state index contributed by atoms with van der Waals surface area (Å²) in [4.78, 5) is 12.3. The van der Waals surface area contributed by atoms with Crippen LogP contribution in [0, 0.1) is 0 Å². The first-order chi connectivity index (χ1) is 10.4. The summed E-state index contributed by atoms with van der Waals surface area (Å²) in [5, 5.41) is 5.59. The lowest BCUT2D eigenvalue weighted by Crippen LogP contribution is -2.37. The lowest BCUT2D eigenvalue weighted by molar-refractivity contribution is 0.0950. The molecule has 0 bridgehead atoms. The third-order valence-corrected chi connectivity index (χ3v) is 6.53. The first-order valence-electron chi connectivity index (χ1n) is 7.74. The molecule has 5 nitrogen and oxygen atoms in total. The second-order valence-electron chi connectivity index (χ2n) is 5.88. The summed E-state index contributed by atoms with van der Waals surface area (Å²) in [6, 6.07) is 6.45. The number of hydrogen-bond donors (Lipinski definition) is 2. The van der Waals surface area contributed by atoms with Gasteiger partial charge in [-0.2, -0.15) is 0 Å². The maximum atomic E-state index is 12.5. The van der Waals surface area contributed by atoms with Gasteiger partial charge in [-0.15, -0.1) is 0 Å². The molecule has 1 unspecified atom stereocenters. The van der Waals surface area contributed by atoms with Crippen LogP contribution in [0.25, 0.3) is 0 Å². The smallest absolute Gasteiger partial charge is 0.251 e. The van der Waals surface area contributed by atoms with Crippen LogP contribution in [0.15, 0.2) is 29.2 Å². The Balaban J connectivity index is 2.05. The second kappa shape index (κ2) is 7.24. The maximum Gasteiger partial charge on any atom is 0.251 e. The van der Waals surface area contributed by atoms with E-state index in [4.69, 9.17) is 0 Å². The largest absolute Gasteiger partial charge is 0.350 e. The minimum absolute atomic E-state index is 0.186. The summed E-state index contributed by atoms with van der Waals surface area (Å²) >= 11 is 0. The van der Waals surface area contributed by atoms with Crippen molar-refractivity contribution in [2.24, 2.45) is 0 Å². The molecule has 2 N–H and O–H groups in total. The Labute approximate surface area is 132 Å². The van der Waals surface area contributed by atoms with Gasteiger partial charge < -0.3 is 10.6 Å². The fraction of sp³-hybridized carbons (Fsp3) is 0.562. The van der Waals surface area contributed by atoms with E-state index in [1.807, 2.05) is 14.0 Å². The average molecular weight is 324 g/mol. The first-order valence-corrected chi connectivity index (χ1v) is 9.29. The van der Waals surface area contributed by atoms with Crippen molar-refractivity contribution in [2.75, 3.05) is 13.6 Å². The lowest BCUT2D eigenvalue weighted by atomic mass is 10.2. The quantitative estimate of drug-likeness (QED) is 0.836. The van der Waals surface area contributed by atoms with Crippen LogP contribution in [-0.4, -0.2) is 39.2 Å². The monoisotopic (exact) mass is 324 g/mol. The van der Waals surface area contributed by atoms with Crippen LogP contribution in [-0.2, 0) is 9.84 Å². The van der Waals surface area contributed by atoms with Crippen molar-refractivity contribution in [1.29, 1.82) is 0 Å². The summed E-state index contributed by atoms with van der Waals surface area (Å²) in [7, 11) is -1.42. The number of carbonyl (C=O) groups is 1. The molecule has 1 fully saturated rings. The standard InChI is InChI=1S/C16H24N2O3S/c1-12(17-2)11-18-16(19)13-7-9-15(10-8-13)22(20,21)14-5-3-4-6-14/h7-10,12,14,17H,3-6,11H2,1-2H3,(H,18,19). The molecule has 1 aromatic rings. The zero-order chi connectivity index (χ0) is 16.2. The number of nitrogens with one attached hydrogen (secondary N) is 2. The van der Waals surface area contributed by atoms with E-state index in [-0.39, 0.29) is 17.2 Å². The topological polar surface area (TPSA) is 75.3 Å². The Morgan fingerprint density at radius 2 is 1.82 bits per heavy atom. The maximum absolute atomic E-state index is 12.5. The normalized spacial score (nSPS) is 17.4. The van der Waals surface area contributed by atoms with E-state index in [2.05, 4.69) is 10.6 Å².